The van der Waals surface area contributed by atoms with Gasteiger partial charge in [-0.1, -0.05) is 6.92 Å². The zero-order valence-electron chi connectivity index (χ0n) is 24.0. The van der Waals surface area contributed by atoms with E-state index in [9.17, 15) is 14.4 Å². The Balaban J connectivity index is 1.48. The molecule has 0 bridgehead atoms. The molecule has 10 nitrogen and oxygen atoms in total. The molecule has 2 aliphatic rings. The number of carbonyl (C=O) groups excluding carboxylic acids is 3. The molecule has 0 aliphatic carbocycles. The maximum Gasteiger partial charge on any atom is 0.338 e. The van der Waals surface area contributed by atoms with Gasteiger partial charge in [0.25, 0.3) is 5.91 Å². The second-order valence-corrected chi connectivity index (χ2v) is 10.6. The Labute approximate surface area is 247 Å². The number of esters is 1. The fraction of sp³-hybridized carbons (Fsp3) is 0.467. The van der Waals surface area contributed by atoms with Crippen molar-refractivity contribution in [1.29, 1.82) is 0 Å². The predicted octanol–water partition coefficient (Wildman–Crippen LogP) is 3.23. The van der Waals surface area contributed by atoms with Gasteiger partial charge in [-0.15, -0.1) is 0 Å². The third kappa shape index (κ3) is 7.81. The molecule has 0 radical (unpaired) electrons. The molecule has 11 heteroatoms. The summed E-state index contributed by atoms with van der Waals surface area (Å²) in [6.45, 7) is 9.78. The van der Waals surface area contributed by atoms with E-state index in [2.05, 4.69) is 22.2 Å². The van der Waals surface area contributed by atoms with Crippen molar-refractivity contribution in [2.75, 3.05) is 69.7 Å². The number of ether oxygens (including phenoxy) is 2. The highest BCUT2D eigenvalue weighted by Crippen LogP contribution is 2.28. The van der Waals surface area contributed by atoms with E-state index in [0.717, 1.165) is 44.9 Å². The number of piperazine rings is 1. The van der Waals surface area contributed by atoms with Crippen molar-refractivity contribution in [3.05, 3.63) is 54.1 Å². The van der Waals surface area contributed by atoms with Crippen molar-refractivity contribution in [1.82, 2.24) is 14.7 Å². The molecule has 41 heavy (non-hydrogen) atoms. The van der Waals surface area contributed by atoms with Crippen LogP contribution in [0.2, 0.25) is 0 Å². The number of rotatable bonds is 12. The molecule has 1 atom stereocenters. The number of nitrogens with one attached hydrogen (secondary N) is 1. The van der Waals surface area contributed by atoms with Crippen molar-refractivity contribution in [2.24, 2.45) is 0 Å². The van der Waals surface area contributed by atoms with Gasteiger partial charge in [-0.05, 0) is 81.1 Å². The Morgan fingerprint density at radius 3 is 2.29 bits per heavy atom. The molecule has 2 aliphatic heterocycles. The lowest BCUT2D eigenvalue weighted by molar-refractivity contribution is -0.124. The van der Waals surface area contributed by atoms with Crippen LogP contribution in [-0.4, -0.2) is 103 Å². The van der Waals surface area contributed by atoms with Crippen molar-refractivity contribution in [3.63, 3.8) is 0 Å². The molecule has 0 aromatic heterocycles. The van der Waals surface area contributed by atoms with Gasteiger partial charge < -0.3 is 24.6 Å². The quantitative estimate of drug-likeness (QED) is 0.300. The summed E-state index contributed by atoms with van der Waals surface area (Å²) in [7, 11) is 2.11. The Morgan fingerprint density at radius 2 is 1.66 bits per heavy atom. The molecule has 2 saturated heterocycles. The smallest absolute Gasteiger partial charge is 0.338 e. The highest BCUT2D eigenvalue weighted by atomic mass is 32.1. The van der Waals surface area contributed by atoms with E-state index in [1.807, 2.05) is 24.0 Å². The largest absolute Gasteiger partial charge is 0.494 e. The van der Waals surface area contributed by atoms with E-state index < -0.39 is 12.0 Å². The second kappa shape index (κ2) is 14.4. The summed E-state index contributed by atoms with van der Waals surface area (Å²) in [5.41, 5.74) is 1.56. The van der Waals surface area contributed by atoms with Gasteiger partial charge in [0.15, 0.2) is 5.11 Å². The highest BCUT2D eigenvalue weighted by Gasteiger charge is 2.44. The molecule has 2 aromatic rings. The first kappa shape index (κ1) is 30.4. The summed E-state index contributed by atoms with van der Waals surface area (Å²) in [6, 6.07) is 13.0. The lowest BCUT2D eigenvalue weighted by Gasteiger charge is -2.34. The van der Waals surface area contributed by atoms with Crippen LogP contribution in [0.1, 0.15) is 37.0 Å². The number of amides is 2. The summed E-state index contributed by atoms with van der Waals surface area (Å²) < 4.78 is 10.7. The maximum atomic E-state index is 13.8. The molecule has 0 saturated carbocycles. The number of hydrogen-bond donors (Lipinski definition) is 1. The number of nitrogens with zero attached hydrogens (tertiary/aromatic N) is 4. The lowest BCUT2D eigenvalue weighted by Crippen LogP contribution is -2.48. The first-order valence-electron chi connectivity index (χ1n) is 14.2. The van der Waals surface area contributed by atoms with Crippen LogP contribution in [0.25, 0.3) is 0 Å². The van der Waals surface area contributed by atoms with Crippen molar-refractivity contribution < 1.29 is 23.9 Å². The van der Waals surface area contributed by atoms with Crippen molar-refractivity contribution >= 4 is 46.5 Å². The van der Waals surface area contributed by atoms with Crippen LogP contribution in [0.15, 0.2) is 48.5 Å². The van der Waals surface area contributed by atoms with E-state index in [-0.39, 0.29) is 24.8 Å². The van der Waals surface area contributed by atoms with Gasteiger partial charge in [0.2, 0.25) is 5.91 Å². The number of carbonyl (C=O) groups is 3. The third-order valence-electron chi connectivity index (χ3n) is 7.20. The highest BCUT2D eigenvalue weighted by molar-refractivity contribution is 7.80. The number of benzene rings is 2. The van der Waals surface area contributed by atoms with Gasteiger partial charge in [0.05, 0.1) is 30.9 Å². The van der Waals surface area contributed by atoms with Crippen LogP contribution in [0.4, 0.5) is 11.4 Å². The molecule has 2 amide bonds. The van der Waals surface area contributed by atoms with Gasteiger partial charge >= 0.3 is 5.97 Å². The monoisotopic (exact) mass is 581 g/mol. The van der Waals surface area contributed by atoms with Crippen LogP contribution < -0.4 is 15.0 Å². The van der Waals surface area contributed by atoms with Gasteiger partial charge in [-0.25, -0.2) is 4.79 Å². The molecule has 2 heterocycles. The van der Waals surface area contributed by atoms with Crippen LogP contribution in [0.5, 0.6) is 5.75 Å². The topological polar surface area (TPSA) is 94.7 Å². The summed E-state index contributed by atoms with van der Waals surface area (Å²) in [5, 5.41) is 3.25. The Hall–Kier alpha value is -3.54. The van der Waals surface area contributed by atoms with Crippen LogP contribution in [0, 0.1) is 0 Å². The zero-order chi connectivity index (χ0) is 29.4. The average molecular weight is 582 g/mol. The minimum atomic E-state index is -0.744. The number of hydrogen-bond acceptors (Lipinski definition) is 8. The van der Waals surface area contributed by atoms with Crippen molar-refractivity contribution in [3.8, 4) is 5.75 Å². The number of anilines is 2. The Morgan fingerprint density at radius 1 is 0.976 bits per heavy atom. The van der Waals surface area contributed by atoms with Gasteiger partial charge in [0, 0.05) is 45.0 Å². The average Bonchev–Trinajstić information content (AvgIpc) is 3.20. The minimum Gasteiger partial charge on any atom is -0.494 e. The number of likely N-dealkylation sites (N-methyl/N-ethyl adjacent to an activating group) is 1. The first-order valence-corrected chi connectivity index (χ1v) is 14.6. The molecule has 0 spiro atoms. The summed E-state index contributed by atoms with van der Waals surface area (Å²) in [4.78, 5) is 47.0. The minimum absolute atomic E-state index is 0.0484. The van der Waals surface area contributed by atoms with Gasteiger partial charge in [0.1, 0.15) is 11.8 Å². The van der Waals surface area contributed by atoms with Crippen LogP contribution in [-0.2, 0) is 14.3 Å². The maximum absolute atomic E-state index is 13.8. The molecule has 2 fully saturated rings. The van der Waals surface area contributed by atoms with Crippen molar-refractivity contribution in [2.45, 2.75) is 32.7 Å². The van der Waals surface area contributed by atoms with E-state index in [4.69, 9.17) is 21.7 Å². The van der Waals surface area contributed by atoms with E-state index >= 15 is 0 Å². The van der Waals surface area contributed by atoms with E-state index in [0.29, 0.717) is 35.2 Å². The molecule has 1 N–H and O–H groups in total. The molecular weight excluding hydrogens is 542 g/mol. The van der Waals surface area contributed by atoms with E-state index in [1.165, 1.54) is 4.90 Å². The summed E-state index contributed by atoms with van der Waals surface area (Å²) in [6.07, 6.45) is 0.862. The summed E-state index contributed by atoms with van der Waals surface area (Å²) >= 11 is 5.81. The van der Waals surface area contributed by atoms with Gasteiger partial charge in [-0.3, -0.25) is 19.4 Å². The normalized spacial score (nSPS) is 18.1. The molecular formula is C30H39N5O5S. The fourth-order valence-corrected chi connectivity index (χ4v) is 5.26. The Kier molecular flexibility index (Phi) is 10.7. The van der Waals surface area contributed by atoms with E-state index in [1.54, 1.807) is 43.3 Å². The number of thiocarbonyl (C=S) groups is 1. The first-order chi connectivity index (χ1) is 19.8. The summed E-state index contributed by atoms with van der Waals surface area (Å²) in [5.74, 6) is -0.239. The molecule has 4 rings (SSSR count). The molecule has 2 aromatic carbocycles. The van der Waals surface area contributed by atoms with Crippen LogP contribution in [0.3, 0.4) is 0 Å². The molecule has 220 valence electrons. The Bertz CT molecular complexity index is 1210. The zero-order valence-corrected chi connectivity index (χ0v) is 24.8. The lowest BCUT2D eigenvalue weighted by atomic mass is 10.1. The third-order valence-corrected chi connectivity index (χ3v) is 7.62. The second-order valence-electron chi connectivity index (χ2n) is 10.2. The standard InChI is InChI=1S/C30H39N5O5S/c1-4-20-40-25-12-8-23(9-13-25)31-27(36)21-26-28(37)35(24-10-6-22(7-11-24)29(38)39-5-2)30(41)34(26)19-18-33-16-14-32(3)15-17-33/h6-13,26H,4-5,14-21H2,1-3H3,(H,31,36). The molecule has 1 unspecified atom stereocenters. The fourth-order valence-electron chi connectivity index (χ4n) is 4.85. The predicted molar refractivity (Wildman–Crippen MR) is 162 cm³/mol. The SMILES string of the molecule is CCCOc1ccc(NC(=O)CC2C(=O)N(c3ccc(C(=O)OCC)cc3)C(=S)N2CCN2CCN(C)CC2)cc1. The van der Waals surface area contributed by atoms with Crippen LogP contribution >= 0.6 is 12.2 Å². The van der Waals surface area contributed by atoms with Gasteiger partial charge in [-0.2, -0.15) is 0 Å².